The zero-order valence-corrected chi connectivity index (χ0v) is 18.1. The van der Waals surface area contributed by atoms with Gasteiger partial charge in [-0.2, -0.15) is 0 Å². The lowest BCUT2D eigenvalue weighted by Crippen LogP contribution is -2.27. The Hall–Kier alpha value is -2.25. The summed E-state index contributed by atoms with van der Waals surface area (Å²) in [6.45, 7) is 1.81. The Morgan fingerprint density at radius 1 is 1.28 bits per heavy atom. The van der Waals surface area contributed by atoms with Crippen molar-refractivity contribution < 1.29 is 4.79 Å². The van der Waals surface area contributed by atoms with Crippen molar-refractivity contribution in [2.75, 3.05) is 19.3 Å². The maximum atomic E-state index is 13.2. The van der Waals surface area contributed by atoms with Crippen molar-refractivity contribution >= 4 is 56.0 Å². The van der Waals surface area contributed by atoms with Crippen molar-refractivity contribution in [1.82, 2.24) is 9.88 Å². The molecule has 0 fully saturated rings. The monoisotopic (exact) mass is 439 g/mol. The molecule has 29 heavy (non-hydrogen) atoms. The predicted molar refractivity (Wildman–Crippen MR) is 122 cm³/mol. The van der Waals surface area contributed by atoms with E-state index in [0.29, 0.717) is 21.2 Å². The van der Waals surface area contributed by atoms with Crippen LogP contribution >= 0.6 is 34.3 Å². The Bertz CT molecular complexity index is 1250. The third-order valence-corrected chi connectivity index (χ3v) is 7.50. The Kier molecular flexibility index (Phi) is 4.67. The zero-order valence-electron chi connectivity index (χ0n) is 15.7. The summed E-state index contributed by atoms with van der Waals surface area (Å²) < 4.78 is 0. The van der Waals surface area contributed by atoms with Crippen LogP contribution in [-0.4, -0.2) is 29.3 Å². The number of fused-ring (bicyclic) bond motifs is 2. The third kappa shape index (κ3) is 3.16. The first-order valence-electron chi connectivity index (χ1n) is 9.29. The highest BCUT2D eigenvalue weighted by Gasteiger charge is 2.27. The number of aromatic nitrogens is 1. The van der Waals surface area contributed by atoms with Gasteiger partial charge in [0.25, 0.3) is 0 Å². The molecule has 4 heterocycles. The van der Waals surface area contributed by atoms with Crippen LogP contribution in [-0.2, 0) is 13.0 Å². The number of halogens is 1. The van der Waals surface area contributed by atoms with Gasteiger partial charge in [0, 0.05) is 51.6 Å². The Morgan fingerprint density at radius 2 is 2.14 bits per heavy atom. The quantitative estimate of drug-likeness (QED) is 0.429. The van der Waals surface area contributed by atoms with Gasteiger partial charge in [0.1, 0.15) is 9.71 Å². The smallest absolute Gasteiger partial charge is 0.205 e. The molecule has 4 nitrogen and oxygen atoms in total. The molecule has 0 amide bonds. The lowest BCUT2D eigenvalue weighted by atomic mass is 9.95. The van der Waals surface area contributed by atoms with E-state index in [1.165, 1.54) is 16.9 Å². The molecular formula is C22H18ClN3OS2. The maximum Gasteiger partial charge on any atom is 0.205 e. The van der Waals surface area contributed by atoms with Gasteiger partial charge in [-0.1, -0.05) is 29.8 Å². The topological polar surface area (TPSA) is 59.2 Å². The minimum absolute atomic E-state index is 0.111. The first kappa shape index (κ1) is 18.8. The summed E-state index contributed by atoms with van der Waals surface area (Å²) in [4.78, 5) is 23.0. The lowest BCUT2D eigenvalue weighted by molar-refractivity contribution is 0.104. The number of likely N-dealkylation sites (N-methyl/N-ethyl adjacent to an activating group) is 1. The van der Waals surface area contributed by atoms with Gasteiger partial charge in [0.2, 0.25) is 5.78 Å². The average molecular weight is 440 g/mol. The summed E-state index contributed by atoms with van der Waals surface area (Å²) >= 11 is 9.16. The molecule has 1 aliphatic rings. The molecule has 7 heteroatoms. The molecule has 1 aliphatic heterocycles. The molecule has 1 aromatic carbocycles. The van der Waals surface area contributed by atoms with Crippen LogP contribution in [0.3, 0.4) is 0 Å². The van der Waals surface area contributed by atoms with Crippen molar-refractivity contribution in [2.24, 2.45) is 0 Å². The second-order valence-corrected chi connectivity index (χ2v) is 9.62. The molecule has 0 radical (unpaired) electrons. The molecule has 4 aromatic rings. The van der Waals surface area contributed by atoms with Crippen molar-refractivity contribution in [3.05, 3.63) is 68.5 Å². The largest absolute Gasteiger partial charge is 0.397 e. The van der Waals surface area contributed by atoms with Crippen LogP contribution in [0.25, 0.3) is 20.7 Å². The number of hydrogen-bond acceptors (Lipinski definition) is 6. The zero-order chi connectivity index (χ0) is 20.1. The Labute approximate surface area is 181 Å². The molecule has 0 saturated heterocycles. The lowest BCUT2D eigenvalue weighted by Gasteiger charge is -2.26. The Morgan fingerprint density at radius 3 is 2.90 bits per heavy atom. The molecule has 0 unspecified atom stereocenters. The molecule has 146 valence electrons. The van der Waals surface area contributed by atoms with E-state index < -0.39 is 0 Å². The molecule has 5 rings (SSSR count). The van der Waals surface area contributed by atoms with Gasteiger partial charge in [-0.3, -0.25) is 4.79 Å². The number of thiophene rings is 2. The van der Waals surface area contributed by atoms with Gasteiger partial charge in [0.15, 0.2) is 0 Å². The summed E-state index contributed by atoms with van der Waals surface area (Å²) in [6.07, 6.45) is 0.898. The number of carbonyl (C=O) groups excluding carboxylic acids is 1. The summed E-state index contributed by atoms with van der Waals surface area (Å²) in [5, 5.41) is 3.50. The second-order valence-electron chi connectivity index (χ2n) is 7.24. The Balaban J connectivity index is 1.77. The SMILES string of the molecule is CN1CCc2nc3sc(C(=O)c4cccc(Cl)c4)c(N)c3c(-c3cccs3)c2C1. The number of benzene rings is 1. The first-order chi connectivity index (χ1) is 14.0. The van der Waals surface area contributed by atoms with Gasteiger partial charge < -0.3 is 10.6 Å². The standard InChI is InChI=1S/C22H18ClN3OS2/c1-26-8-7-15-14(11-26)17(16-6-3-9-28-16)18-19(24)21(29-22(18)25-15)20(27)12-4-2-5-13(23)10-12/h2-6,9-10H,7-8,11,24H2,1H3. The van der Waals surface area contributed by atoms with Gasteiger partial charge >= 0.3 is 0 Å². The fourth-order valence-electron chi connectivity index (χ4n) is 3.88. The number of hydrogen-bond donors (Lipinski definition) is 1. The van der Waals surface area contributed by atoms with E-state index in [1.807, 2.05) is 6.07 Å². The maximum absolute atomic E-state index is 13.2. The van der Waals surface area contributed by atoms with Crippen LogP contribution in [0.15, 0.2) is 41.8 Å². The molecule has 0 spiro atoms. The van der Waals surface area contributed by atoms with Crippen LogP contribution in [0, 0.1) is 0 Å². The summed E-state index contributed by atoms with van der Waals surface area (Å²) in [5.74, 6) is -0.111. The van der Waals surface area contributed by atoms with Gasteiger partial charge in [-0.05, 0) is 36.2 Å². The number of pyridine rings is 1. The highest BCUT2D eigenvalue weighted by Crippen LogP contribution is 2.45. The minimum atomic E-state index is -0.111. The van der Waals surface area contributed by atoms with E-state index in [1.54, 1.807) is 35.6 Å². The number of nitrogens with zero attached hydrogens (tertiary/aromatic N) is 2. The van der Waals surface area contributed by atoms with E-state index in [2.05, 4.69) is 23.4 Å². The van der Waals surface area contributed by atoms with Crippen LogP contribution < -0.4 is 5.73 Å². The van der Waals surface area contributed by atoms with E-state index in [-0.39, 0.29) is 5.78 Å². The highest BCUT2D eigenvalue weighted by atomic mass is 35.5. The van der Waals surface area contributed by atoms with Gasteiger partial charge in [-0.15, -0.1) is 22.7 Å². The normalized spacial score (nSPS) is 14.3. The molecule has 2 N–H and O–H groups in total. The van der Waals surface area contributed by atoms with E-state index in [4.69, 9.17) is 22.3 Å². The fourth-order valence-corrected chi connectivity index (χ4v) is 5.96. The summed E-state index contributed by atoms with van der Waals surface area (Å²) in [6, 6.07) is 11.2. The first-order valence-corrected chi connectivity index (χ1v) is 11.4. The van der Waals surface area contributed by atoms with Crippen molar-refractivity contribution in [1.29, 1.82) is 0 Å². The summed E-state index contributed by atoms with van der Waals surface area (Å²) in [7, 11) is 2.12. The minimum Gasteiger partial charge on any atom is -0.397 e. The van der Waals surface area contributed by atoms with Crippen molar-refractivity contribution in [3.8, 4) is 10.4 Å². The molecular weight excluding hydrogens is 422 g/mol. The molecule has 0 aliphatic carbocycles. The van der Waals surface area contributed by atoms with E-state index >= 15 is 0 Å². The molecule has 0 bridgehead atoms. The number of nitrogen functional groups attached to an aromatic ring is 1. The van der Waals surface area contributed by atoms with Crippen LogP contribution in [0.1, 0.15) is 26.5 Å². The van der Waals surface area contributed by atoms with Gasteiger partial charge in [0.05, 0.1) is 5.69 Å². The van der Waals surface area contributed by atoms with Crippen LogP contribution in [0.5, 0.6) is 0 Å². The van der Waals surface area contributed by atoms with E-state index in [9.17, 15) is 4.79 Å². The predicted octanol–water partition coefficient (Wildman–Crippen LogP) is 5.48. The van der Waals surface area contributed by atoms with Crippen molar-refractivity contribution in [3.63, 3.8) is 0 Å². The average Bonchev–Trinajstić information content (AvgIpc) is 3.34. The fraction of sp³-hybridized carbons (Fsp3) is 0.182. The number of rotatable bonds is 3. The molecule has 0 atom stereocenters. The molecule has 3 aromatic heterocycles. The number of anilines is 1. The van der Waals surface area contributed by atoms with E-state index in [0.717, 1.165) is 45.9 Å². The number of nitrogens with two attached hydrogens (primary N) is 1. The van der Waals surface area contributed by atoms with Crippen LogP contribution in [0.4, 0.5) is 5.69 Å². The second kappa shape index (κ2) is 7.22. The van der Waals surface area contributed by atoms with Crippen molar-refractivity contribution in [2.45, 2.75) is 13.0 Å². The number of ketones is 1. The van der Waals surface area contributed by atoms with Gasteiger partial charge in [-0.25, -0.2) is 4.98 Å². The number of carbonyl (C=O) groups is 1. The van der Waals surface area contributed by atoms with Crippen LogP contribution in [0.2, 0.25) is 5.02 Å². The highest BCUT2D eigenvalue weighted by molar-refractivity contribution is 7.21. The molecule has 0 saturated carbocycles. The third-order valence-electron chi connectivity index (χ3n) is 5.28. The summed E-state index contributed by atoms with van der Waals surface area (Å²) in [5.41, 5.74) is 11.1.